The number of rotatable bonds is 3. The van der Waals surface area contributed by atoms with Crippen LogP contribution in [-0.4, -0.2) is 24.8 Å². The van der Waals surface area contributed by atoms with Crippen LogP contribution >= 0.6 is 0 Å². The van der Waals surface area contributed by atoms with Crippen molar-refractivity contribution in [2.24, 2.45) is 0 Å². The molecule has 2 aromatic heterocycles. The number of hydrogen-bond donors (Lipinski definition) is 0. The SMILES string of the molecule is c1cc(Cn2ccc3ccccc32)cc(-n2cnnn2)c1. The standard InChI is InChI=1S/C16H13N5/c1-2-7-16-14(5-1)8-9-20(16)11-13-4-3-6-15(10-13)21-12-17-18-19-21/h1-10,12H,11H2. The summed E-state index contributed by atoms with van der Waals surface area (Å²) in [5.74, 6) is 0. The highest BCUT2D eigenvalue weighted by Crippen LogP contribution is 2.17. The lowest BCUT2D eigenvalue weighted by molar-refractivity contribution is 0.783. The molecule has 102 valence electrons. The smallest absolute Gasteiger partial charge is 0.143 e. The van der Waals surface area contributed by atoms with Crippen LogP contribution in [0.4, 0.5) is 0 Å². The van der Waals surface area contributed by atoms with E-state index in [0.29, 0.717) is 0 Å². The van der Waals surface area contributed by atoms with Crippen molar-refractivity contribution in [3.05, 3.63) is 72.7 Å². The van der Waals surface area contributed by atoms with Crippen molar-refractivity contribution in [3.8, 4) is 5.69 Å². The summed E-state index contributed by atoms with van der Waals surface area (Å²) in [6, 6.07) is 18.8. The van der Waals surface area contributed by atoms with E-state index in [0.717, 1.165) is 12.2 Å². The second-order valence-electron chi connectivity index (χ2n) is 4.93. The van der Waals surface area contributed by atoms with Gasteiger partial charge in [-0.15, -0.1) is 5.10 Å². The van der Waals surface area contributed by atoms with Crippen molar-refractivity contribution in [2.75, 3.05) is 0 Å². The lowest BCUT2D eigenvalue weighted by atomic mass is 10.2. The van der Waals surface area contributed by atoms with Crippen LogP contribution in [0.1, 0.15) is 5.56 Å². The Morgan fingerprint density at radius 3 is 2.81 bits per heavy atom. The molecule has 21 heavy (non-hydrogen) atoms. The van der Waals surface area contributed by atoms with Crippen LogP contribution in [0.3, 0.4) is 0 Å². The molecule has 0 saturated carbocycles. The molecule has 0 N–H and O–H groups in total. The molecule has 4 rings (SSSR count). The van der Waals surface area contributed by atoms with Gasteiger partial charge in [0.05, 0.1) is 5.69 Å². The fourth-order valence-corrected chi connectivity index (χ4v) is 2.55. The Hall–Kier alpha value is -2.95. The van der Waals surface area contributed by atoms with Gasteiger partial charge in [-0.05, 0) is 45.6 Å². The third kappa shape index (κ3) is 2.18. The average Bonchev–Trinajstić information content (AvgIpc) is 3.18. The Kier molecular flexibility index (Phi) is 2.74. The Labute approximate surface area is 121 Å². The summed E-state index contributed by atoms with van der Waals surface area (Å²) >= 11 is 0. The Balaban J connectivity index is 1.70. The van der Waals surface area contributed by atoms with E-state index in [1.165, 1.54) is 16.5 Å². The van der Waals surface area contributed by atoms with Gasteiger partial charge in [0.2, 0.25) is 0 Å². The summed E-state index contributed by atoms with van der Waals surface area (Å²) in [6.45, 7) is 0.823. The zero-order valence-electron chi connectivity index (χ0n) is 11.3. The summed E-state index contributed by atoms with van der Waals surface area (Å²) < 4.78 is 3.91. The molecule has 0 unspecified atom stereocenters. The van der Waals surface area contributed by atoms with Crippen molar-refractivity contribution >= 4 is 10.9 Å². The fraction of sp³-hybridized carbons (Fsp3) is 0.0625. The average molecular weight is 275 g/mol. The fourth-order valence-electron chi connectivity index (χ4n) is 2.55. The normalized spacial score (nSPS) is 11.0. The van der Waals surface area contributed by atoms with Gasteiger partial charge in [-0.25, -0.2) is 4.68 Å². The van der Waals surface area contributed by atoms with E-state index in [-0.39, 0.29) is 0 Å². The number of nitrogens with zero attached hydrogens (tertiary/aromatic N) is 5. The van der Waals surface area contributed by atoms with Gasteiger partial charge in [-0.2, -0.15) is 0 Å². The van der Waals surface area contributed by atoms with Crippen molar-refractivity contribution in [1.29, 1.82) is 0 Å². The van der Waals surface area contributed by atoms with Crippen molar-refractivity contribution in [1.82, 2.24) is 24.8 Å². The third-order valence-electron chi connectivity index (χ3n) is 3.56. The minimum atomic E-state index is 0.823. The topological polar surface area (TPSA) is 48.5 Å². The Morgan fingerprint density at radius 2 is 1.90 bits per heavy atom. The molecule has 4 aromatic rings. The second kappa shape index (κ2) is 4.86. The molecule has 0 radical (unpaired) electrons. The molecule has 0 bridgehead atoms. The number of hydrogen-bond acceptors (Lipinski definition) is 3. The first kappa shape index (κ1) is 11.8. The molecular weight excluding hydrogens is 262 g/mol. The molecule has 0 saturated heterocycles. The molecular formula is C16H13N5. The van der Waals surface area contributed by atoms with E-state index in [2.05, 4.69) is 68.8 Å². The quantitative estimate of drug-likeness (QED) is 0.577. The zero-order chi connectivity index (χ0) is 14.1. The highest BCUT2D eigenvalue weighted by Gasteiger charge is 2.03. The van der Waals surface area contributed by atoms with E-state index in [1.807, 2.05) is 12.1 Å². The molecule has 0 aliphatic carbocycles. The van der Waals surface area contributed by atoms with Crippen LogP contribution < -0.4 is 0 Å². The van der Waals surface area contributed by atoms with Crippen LogP contribution in [0.15, 0.2) is 67.1 Å². The molecule has 2 aromatic carbocycles. The molecule has 0 atom stereocenters. The number of tetrazole rings is 1. The van der Waals surface area contributed by atoms with E-state index in [1.54, 1.807) is 11.0 Å². The first-order chi connectivity index (χ1) is 10.4. The van der Waals surface area contributed by atoms with Gasteiger partial charge in [0.15, 0.2) is 0 Å². The maximum Gasteiger partial charge on any atom is 0.143 e. The maximum atomic E-state index is 3.92. The van der Waals surface area contributed by atoms with Gasteiger partial charge in [0.1, 0.15) is 6.33 Å². The molecule has 0 fully saturated rings. The van der Waals surface area contributed by atoms with Crippen LogP contribution in [0, 0.1) is 0 Å². The maximum absolute atomic E-state index is 3.92. The van der Waals surface area contributed by atoms with Gasteiger partial charge in [-0.1, -0.05) is 30.3 Å². The number of fused-ring (bicyclic) bond motifs is 1. The van der Waals surface area contributed by atoms with Crippen molar-refractivity contribution in [2.45, 2.75) is 6.54 Å². The van der Waals surface area contributed by atoms with Gasteiger partial charge in [0.25, 0.3) is 0 Å². The predicted molar refractivity (Wildman–Crippen MR) is 80.2 cm³/mol. The third-order valence-corrected chi connectivity index (χ3v) is 3.56. The minimum absolute atomic E-state index is 0.823. The first-order valence-corrected chi connectivity index (χ1v) is 6.76. The summed E-state index contributed by atoms with van der Waals surface area (Å²) in [4.78, 5) is 0. The van der Waals surface area contributed by atoms with Gasteiger partial charge >= 0.3 is 0 Å². The largest absolute Gasteiger partial charge is 0.343 e. The Morgan fingerprint density at radius 1 is 0.952 bits per heavy atom. The van der Waals surface area contributed by atoms with Crippen LogP contribution in [-0.2, 0) is 6.54 Å². The molecule has 0 spiro atoms. The Bertz CT molecular complexity index is 876. The van der Waals surface area contributed by atoms with Crippen molar-refractivity contribution in [3.63, 3.8) is 0 Å². The molecule has 2 heterocycles. The first-order valence-electron chi connectivity index (χ1n) is 6.76. The molecule has 0 amide bonds. The van der Waals surface area contributed by atoms with E-state index < -0.39 is 0 Å². The van der Waals surface area contributed by atoms with Crippen LogP contribution in [0.5, 0.6) is 0 Å². The van der Waals surface area contributed by atoms with E-state index in [4.69, 9.17) is 0 Å². The van der Waals surface area contributed by atoms with E-state index in [9.17, 15) is 0 Å². The van der Waals surface area contributed by atoms with Gasteiger partial charge < -0.3 is 4.57 Å². The zero-order valence-corrected chi connectivity index (χ0v) is 11.3. The number of para-hydroxylation sites is 1. The second-order valence-corrected chi connectivity index (χ2v) is 4.93. The monoisotopic (exact) mass is 275 g/mol. The van der Waals surface area contributed by atoms with Crippen LogP contribution in [0.2, 0.25) is 0 Å². The summed E-state index contributed by atoms with van der Waals surface area (Å²) in [7, 11) is 0. The van der Waals surface area contributed by atoms with Crippen molar-refractivity contribution < 1.29 is 0 Å². The van der Waals surface area contributed by atoms with Crippen LogP contribution in [0.25, 0.3) is 16.6 Å². The van der Waals surface area contributed by atoms with Gasteiger partial charge in [-0.3, -0.25) is 0 Å². The molecule has 5 heteroatoms. The molecule has 5 nitrogen and oxygen atoms in total. The van der Waals surface area contributed by atoms with E-state index >= 15 is 0 Å². The number of benzene rings is 2. The minimum Gasteiger partial charge on any atom is -0.343 e. The summed E-state index contributed by atoms with van der Waals surface area (Å²) in [5.41, 5.74) is 3.42. The lowest BCUT2D eigenvalue weighted by Crippen LogP contribution is -2.00. The lowest BCUT2D eigenvalue weighted by Gasteiger charge is -2.07. The molecule has 0 aliphatic rings. The summed E-state index contributed by atoms with van der Waals surface area (Å²) in [5, 5.41) is 12.5. The molecule has 0 aliphatic heterocycles. The summed E-state index contributed by atoms with van der Waals surface area (Å²) in [6.07, 6.45) is 3.72. The highest BCUT2D eigenvalue weighted by molar-refractivity contribution is 5.80. The number of aromatic nitrogens is 5. The highest BCUT2D eigenvalue weighted by atomic mass is 15.5. The van der Waals surface area contributed by atoms with Gasteiger partial charge in [0, 0.05) is 18.3 Å². The predicted octanol–water partition coefficient (Wildman–Crippen LogP) is 2.67.